The van der Waals surface area contributed by atoms with Crippen molar-refractivity contribution >= 4 is 6.03 Å². The van der Waals surface area contributed by atoms with E-state index in [4.69, 9.17) is 0 Å². The van der Waals surface area contributed by atoms with Crippen molar-refractivity contribution in [1.29, 1.82) is 0 Å². The molecule has 0 spiro atoms. The third kappa shape index (κ3) is 2.61. The van der Waals surface area contributed by atoms with Crippen LogP contribution in [0.2, 0.25) is 0 Å². The second-order valence-electron chi connectivity index (χ2n) is 4.23. The minimum Gasteiger partial charge on any atom is -0.338 e. The van der Waals surface area contributed by atoms with Crippen molar-refractivity contribution in [2.75, 3.05) is 13.1 Å². The van der Waals surface area contributed by atoms with Gasteiger partial charge in [0.1, 0.15) is 0 Å². The zero-order chi connectivity index (χ0) is 9.90. The van der Waals surface area contributed by atoms with Crippen molar-refractivity contribution in [2.45, 2.75) is 33.6 Å². The Morgan fingerprint density at radius 3 is 2.38 bits per heavy atom. The molecule has 0 atom stereocenters. The molecule has 2 N–H and O–H groups in total. The third-order valence-electron chi connectivity index (χ3n) is 3.06. The standard InChI is InChI=1S/C10H20N2O/c1-4-11-9(13)12-7-10(5-6-10)8(2)3/h8H,4-7H2,1-3H3,(H2,11,12,13). The van der Waals surface area contributed by atoms with Gasteiger partial charge in [-0.1, -0.05) is 13.8 Å². The molecule has 0 aromatic rings. The lowest BCUT2D eigenvalue weighted by molar-refractivity contribution is 0.235. The molecule has 1 aliphatic rings. The first-order valence-corrected chi connectivity index (χ1v) is 5.12. The van der Waals surface area contributed by atoms with Gasteiger partial charge in [0.2, 0.25) is 0 Å². The summed E-state index contributed by atoms with van der Waals surface area (Å²) in [7, 11) is 0. The Hall–Kier alpha value is -0.730. The van der Waals surface area contributed by atoms with Gasteiger partial charge in [-0.25, -0.2) is 4.79 Å². The van der Waals surface area contributed by atoms with Crippen LogP contribution < -0.4 is 10.6 Å². The second kappa shape index (κ2) is 3.99. The highest BCUT2D eigenvalue weighted by atomic mass is 16.2. The van der Waals surface area contributed by atoms with Gasteiger partial charge in [0, 0.05) is 13.1 Å². The zero-order valence-corrected chi connectivity index (χ0v) is 8.81. The van der Waals surface area contributed by atoms with Crippen molar-refractivity contribution in [3.05, 3.63) is 0 Å². The highest BCUT2D eigenvalue weighted by Gasteiger charge is 2.45. The molecule has 1 saturated carbocycles. The number of amides is 2. The summed E-state index contributed by atoms with van der Waals surface area (Å²) in [6.07, 6.45) is 2.52. The minimum absolute atomic E-state index is 0.0329. The van der Waals surface area contributed by atoms with Crippen LogP contribution >= 0.6 is 0 Å². The summed E-state index contributed by atoms with van der Waals surface area (Å²) in [5.74, 6) is 0.675. The molecule has 3 nitrogen and oxygen atoms in total. The van der Waals surface area contributed by atoms with Crippen LogP contribution in [0.25, 0.3) is 0 Å². The monoisotopic (exact) mass is 184 g/mol. The molecule has 0 aromatic heterocycles. The third-order valence-corrected chi connectivity index (χ3v) is 3.06. The molecule has 0 radical (unpaired) electrons. The van der Waals surface area contributed by atoms with Gasteiger partial charge in [0.25, 0.3) is 0 Å². The first kappa shape index (κ1) is 10.4. The molecule has 0 aromatic carbocycles. The first-order chi connectivity index (χ1) is 6.10. The molecule has 0 bridgehead atoms. The summed E-state index contributed by atoms with van der Waals surface area (Å²) in [4.78, 5) is 11.1. The molecular formula is C10H20N2O. The van der Waals surface area contributed by atoms with E-state index in [9.17, 15) is 4.79 Å². The Labute approximate surface area is 80.3 Å². The maximum absolute atomic E-state index is 11.1. The van der Waals surface area contributed by atoms with Crippen molar-refractivity contribution in [1.82, 2.24) is 10.6 Å². The predicted molar refractivity (Wildman–Crippen MR) is 53.6 cm³/mol. The molecular weight excluding hydrogens is 164 g/mol. The number of nitrogens with one attached hydrogen (secondary N) is 2. The van der Waals surface area contributed by atoms with Gasteiger partial charge in [-0.15, -0.1) is 0 Å². The van der Waals surface area contributed by atoms with Crippen LogP contribution in [0.4, 0.5) is 4.79 Å². The van der Waals surface area contributed by atoms with Crippen molar-refractivity contribution in [3.8, 4) is 0 Å². The fourth-order valence-electron chi connectivity index (χ4n) is 1.60. The van der Waals surface area contributed by atoms with E-state index in [1.165, 1.54) is 12.8 Å². The van der Waals surface area contributed by atoms with Gasteiger partial charge in [0.15, 0.2) is 0 Å². The molecule has 0 saturated heterocycles. The summed E-state index contributed by atoms with van der Waals surface area (Å²) in [5, 5.41) is 5.65. The summed E-state index contributed by atoms with van der Waals surface area (Å²) in [6.45, 7) is 7.91. The van der Waals surface area contributed by atoms with Crippen LogP contribution in [0.3, 0.4) is 0 Å². The summed E-state index contributed by atoms with van der Waals surface area (Å²) in [6, 6.07) is -0.0329. The molecule has 2 amide bonds. The van der Waals surface area contributed by atoms with Gasteiger partial charge in [-0.05, 0) is 31.1 Å². The number of hydrogen-bond acceptors (Lipinski definition) is 1. The lowest BCUT2D eigenvalue weighted by Crippen LogP contribution is -2.39. The molecule has 1 fully saturated rings. The first-order valence-electron chi connectivity index (χ1n) is 5.12. The molecule has 76 valence electrons. The van der Waals surface area contributed by atoms with E-state index in [-0.39, 0.29) is 6.03 Å². The smallest absolute Gasteiger partial charge is 0.314 e. The molecule has 0 unspecified atom stereocenters. The fourth-order valence-corrected chi connectivity index (χ4v) is 1.60. The number of carbonyl (C=O) groups excluding carboxylic acids is 1. The van der Waals surface area contributed by atoms with E-state index >= 15 is 0 Å². The van der Waals surface area contributed by atoms with Crippen LogP contribution in [-0.2, 0) is 0 Å². The van der Waals surface area contributed by atoms with E-state index in [1.54, 1.807) is 0 Å². The molecule has 1 aliphatic carbocycles. The Kier molecular flexibility index (Phi) is 3.17. The summed E-state index contributed by atoms with van der Waals surface area (Å²) < 4.78 is 0. The Morgan fingerprint density at radius 2 is 2.00 bits per heavy atom. The Balaban J connectivity index is 2.22. The van der Waals surface area contributed by atoms with Gasteiger partial charge >= 0.3 is 6.03 Å². The molecule has 13 heavy (non-hydrogen) atoms. The maximum Gasteiger partial charge on any atom is 0.314 e. The molecule has 1 rings (SSSR count). The number of carbonyl (C=O) groups is 1. The summed E-state index contributed by atoms with van der Waals surface area (Å²) >= 11 is 0. The predicted octanol–water partition coefficient (Wildman–Crippen LogP) is 1.74. The van der Waals surface area contributed by atoms with Crippen LogP contribution in [0, 0.1) is 11.3 Å². The highest BCUT2D eigenvalue weighted by molar-refractivity contribution is 5.73. The highest BCUT2D eigenvalue weighted by Crippen LogP contribution is 2.51. The SMILES string of the molecule is CCNC(=O)NCC1(C(C)C)CC1. The van der Waals surface area contributed by atoms with Crippen LogP contribution in [0.1, 0.15) is 33.6 Å². The maximum atomic E-state index is 11.1. The van der Waals surface area contributed by atoms with Crippen molar-refractivity contribution < 1.29 is 4.79 Å². The normalized spacial score (nSPS) is 18.5. The minimum atomic E-state index is -0.0329. The molecule has 0 aliphatic heterocycles. The molecule has 3 heteroatoms. The van der Waals surface area contributed by atoms with Gasteiger partial charge in [-0.2, -0.15) is 0 Å². The van der Waals surface area contributed by atoms with Gasteiger partial charge in [-0.3, -0.25) is 0 Å². The summed E-state index contributed by atoms with van der Waals surface area (Å²) in [5.41, 5.74) is 0.408. The van der Waals surface area contributed by atoms with Crippen LogP contribution in [0.15, 0.2) is 0 Å². The van der Waals surface area contributed by atoms with E-state index in [1.807, 2.05) is 6.92 Å². The van der Waals surface area contributed by atoms with Crippen LogP contribution in [0.5, 0.6) is 0 Å². The average molecular weight is 184 g/mol. The quantitative estimate of drug-likeness (QED) is 0.686. The molecule has 0 heterocycles. The van der Waals surface area contributed by atoms with Gasteiger partial charge < -0.3 is 10.6 Å². The number of rotatable bonds is 4. The van der Waals surface area contributed by atoms with E-state index in [2.05, 4.69) is 24.5 Å². The Morgan fingerprint density at radius 1 is 1.38 bits per heavy atom. The fraction of sp³-hybridized carbons (Fsp3) is 0.900. The largest absolute Gasteiger partial charge is 0.338 e. The van der Waals surface area contributed by atoms with E-state index in [0.717, 1.165) is 6.54 Å². The van der Waals surface area contributed by atoms with Crippen LogP contribution in [-0.4, -0.2) is 19.1 Å². The lowest BCUT2D eigenvalue weighted by Gasteiger charge is -2.19. The average Bonchev–Trinajstić information content (AvgIpc) is 2.82. The number of urea groups is 1. The Bertz CT molecular complexity index is 185. The second-order valence-corrected chi connectivity index (χ2v) is 4.23. The van der Waals surface area contributed by atoms with Crippen molar-refractivity contribution in [2.24, 2.45) is 11.3 Å². The topological polar surface area (TPSA) is 41.1 Å². The lowest BCUT2D eigenvalue weighted by atomic mass is 9.92. The zero-order valence-electron chi connectivity index (χ0n) is 8.81. The van der Waals surface area contributed by atoms with Gasteiger partial charge in [0.05, 0.1) is 0 Å². The van der Waals surface area contributed by atoms with Crippen molar-refractivity contribution in [3.63, 3.8) is 0 Å². The van der Waals surface area contributed by atoms with E-state index in [0.29, 0.717) is 17.9 Å². The van der Waals surface area contributed by atoms with E-state index < -0.39 is 0 Å². The number of hydrogen-bond donors (Lipinski definition) is 2.